The van der Waals surface area contributed by atoms with Gasteiger partial charge in [-0.2, -0.15) is 0 Å². The SMILES string of the molecule is CCOc1cc(C(=O)N[C@@H](Cc2ccccc2)[C@H](O)CNC(=O)O)cc(N2CCCS2(O)O)c1. The second-order valence-corrected chi connectivity index (χ2v) is 10.1. The molecule has 2 aromatic carbocycles. The van der Waals surface area contributed by atoms with E-state index in [1.807, 2.05) is 30.3 Å². The van der Waals surface area contributed by atoms with E-state index in [9.17, 15) is 23.8 Å². The molecule has 1 fully saturated rings. The van der Waals surface area contributed by atoms with Crippen LogP contribution >= 0.6 is 10.8 Å². The fourth-order valence-corrected chi connectivity index (χ4v) is 5.40. The highest BCUT2D eigenvalue weighted by molar-refractivity contribution is 8.25. The van der Waals surface area contributed by atoms with Gasteiger partial charge in [0.1, 0.15) is 5.75 Å². The molecule has 1 aliphatic heterocycles. The molecule has 0 bridgehead atoms. The van der Waals surface area contributed by atoms with Crippen molar-refractivity contribution < 1.29 is 33.6 Å². The summed E-state index contributed by atoms with van der Waals surface area (Å²) in [4.78, 5) is 24.1. The number of aliphatic hydroxyl groups is 1. The zero-order chi connectivity index (χ0) is 24.7. The first-order valence-corrected chi connectivity index (χ1v) is 12.7. The molecule has 6 N–H and O–H groups in total. The summed E-state index contributed by atoms with van der Waals surface area (Å²) in [5.74, 6) is 0.156. The van der Waals surface area contributed by atoms with Crippen molar-refractivity contribution in [3.8, 4) is 5.75 Å². The van der Waals surface area contributed by atoms with E-state index in [2.05, 4.69) is 10.6 Å². The summed E-state index contributed by atoms with van der Waals surface area (Å²) < 4.78 is 27.8. The third kappa shape index (κ3) is 6.76. The first-order chi connectivity index (χ1) is 16.2. The molecule has 0 aliphatic carbocycles. The molecule has 1 aliphatic rings. The number of amides is 2. The molecule has 1 heterocycles. The fourth-order valence-electron chi connectivity index (χ4n) is 3.80. The van der Waals surface area contributed by atoms with Crippen molar-refractivity contribution in [1.82, 2.24) is 10.6 Å². The second kappa shape index (κ2) is 11.4. The van der Waals surface area contributed by atoms with E-state index in [1.54, 1.807) is 25.1 Å². The van der Waals surface area contributed by atoms with Crippen molar-refractivity contribution in [1.29, 1.82) is 0 Å². The van der Waals surface area contributed by atoms with Crippen molar-refractivity contribution in [2.24, 2.45) is 0 Å². The van der Waals surface area contributed by atoms with E-state index < -0.39 is 34.9 Å². The van der Waals surface area contributed by atoms with Crippen molar-refractivity contribution >= 4 is 28.5 Å². The van der Waals surface area contributed by atoms with Gasteiger partial charge < -0.3 is 25.6 Å². The van der Waals surface area contributed by atoms with Crippen LogP contribution in [0.4, 0.5) is 10.5 Å². The van der Waals surface area contributed by atoms with Gasteiger partial charge in [-0.1, -0.05) is 30.3 Å². The van der Waals surface area contributed by atoms with Crippen LogP contribution in [0.25, 0.3) is 0 Å². The van der Waals surface area contributed by atoms with Crippen LogP contribution in [0.1, 0.15) is 29.3 Å². The molecule has 2 amide bonds. The van der Waals surface area contributed by atoms with Gasteiger partial charge in [0.15, 0.2) is 0 Å². The van der Waals surface area contributed by atoms with Gasteiger partial charge in [-0.3, -0.25) is 18.2 Å². The number of anilines is 1. The Morgan fingerprint density at radius 3 is 2.53 bits per heavy atom. The van der Waals surface area contributed by atoms with Gasteiger partial charge in [0.25, 0.3) is 5.91 Å². The number of ether oxygens (including phenoxy) is 1. The Balaban J connectivity index is 1.86. The average molecular weight is 494 g/mol. The van der Waals surface area contributed by atoms with E-state index in [0.717, 1.165) is 5.56 Å². The van der Waals surface area contributed by atoms with Crippen molar-refractivity contribution in [2.45, 2.75) is 31.9 Å². The van der Waals surface area contributed by atoms with Crippen molar-refractivity contribution in [3.63, 3.8) is 0 Å². The van der Waals surface area contributed by atoms with Crippen LogP contribution in [-0.4, -0.2) is 68.9 Å². The number of carbonyl (C=O) groups excluding carboxylic acids is 1. The lowest BCUT2D eigenvalue weighted by Crippen LogP contribution is -2.49. The zero-order valence-corrected chi connectivity index (χ0v) is 19.7. The zero-order valence-electron chi connectivity index (χ0n) is 18.9. The quantitative estimate of drug-likeness (QED) is 0.296. The Bertz CT molecular complexity index is 990. The van der Waals surface area contributed by atoms with Crippen LogP contribution in [0.5, 0.6) is 5.75 Å². The Morgan fingerprint density at radius 2 is 1.91 bits per heavy atom. The third-order valence-electron chi connectivity index (χ3n) is 5.43. The number of hydrogen-bond acceptors (Lipinski definition) is 7. The summed E-state index contributed by atoms with van der Waals surface area (Å²) in [7, 11) is -2.96. The molecule has 0 unspecified atom stereocenters. The molecule has 2 atom stereocenters. The maximum atomic E-state index is 13.2. The van der Waals surface area contributed by atoms with E-state index in [4.69, 9.17) is 9.84 Å². The molecule has 2 aromatic rings. The largest absolute Gasteiger partial charge is 0.494 e. The normalized spacial score (nSPS) is 17.5. The summed E-state index contributed by atoms with van der Waals surface area (Å²) in [6, 6.07) is 13.2. The summed E-state index contributed by atoms with van der Waals surface area (Å²) >= 11 is 0. The van der Waals surface area contributed by atoms with Gasteiger partial charge in [-0.05, 0) is 37.5 Å². The van der Waals surface area contributed by atoms with Gasteiger partial charge in [-0.25, -0.2) is 4.79 Å². The van der Waals surface area contributed by atoms with Crippen LogP contribution in [0.3, 0.4) is 0 Å². The van der Waals surface area contributed by atoms with Crippen LogP contribution in [-0.2, 0) is 6.42 Å². The Hall–Kier alpha value is -2.99. The average Bonchev–Trinajstić information content (AvgIpc) is 3.16. The molecule has 0 spiro atoms. The van der Waals surface area contributed by atoms with Crippen molar-refractivity contribution in [2.75, 3.05) is 29.8 Å². The van der Waals surface area contributed by atoms with Gasteiger partial charge in [0.05, 0.1) is 30.2 Å². The number of nitrogens with zero attached hydrogens (tertiary/aromatic N) is 1. The number of benzene rings is 2. The monoisotopic (exact) mass is 493 g/mol. The highest BCUT2D eigenvalue weighted by Crippen LogP contribution is 2.51. The molecule has 0 aromatic heterocycles. The number of carboxylic acid groups (broad SMARTS) is 1. The van der Waals surface area contributed by atoms with E-state index in [-0.39, 0.29) is 24.3 Å². The number of aliphatic hydroxyl groups excluding tert-OH is 1. The maximum Gasteiger partial charge on any atom is 0.404 e. The van der Waals surface area contributed by atoms with Gasteiger partial charge in [0.2, 0.25) is 0 Å². The van der Waals surface area contributed by atoms with Gasteiger partial charge in [-0.15, -0.1) is 10.8 Å². The van der Waals surface area contributed by atoms with Gasteiger partial charge in [0, 0.05) is 24.7 Å². The lowest BCUT2D eigenvalue weighted by molar-refractivity contribution is 0.0829. The van der Waals surface area contributed by atoms with E-state index in [0.29, 0.717) is 31.0 Å². The number of nitrogens with one attached hydrogen (secondary N) is 2. The number of rotatable bonds is 10. The van der Waals surface area contributed by atoms with Gasteiger partial charge >= 0.3 is 6.09 Å². The Labute approximate surface area is 200 Å². The molecule has 11 heteroatoms. The van der Waals surface area contributed by atoms with Crippen LogP contribution < -0.4 is 19.7 Å². The summed E-state index contributed by atoms with van der Waals surface area (Å²) in [6.07, 6.45) is -1.56. The third-order valence-corrected chi connectivity index (χ3v) is 7.36. The topological polar surface area (TPSA) is 152 Å². The standard InChI is InChI=1S/C23H31N3O7S/c1-2-33-19-13-17(12-18(14-19)26-9-6-10-34(26,31)32)22(28)25-20(21(27)15-24-23(29)30)11-16-7-4-3-5-8-16/h3-5,7-8,12-14,20-21,24,27,31-32H,2,6,9-11,15H2,1H3,(H,25,28)(H,29,30)/t20-,21+/m0/s1. The van der Waals surface area contributed by atoms with Crippen LogP contribution in [0.15, 0.2) is 48.5 Å². The number of hydrogen-bond donors (Lipinski definition) is 6. The first kappa shape index (κ1) is 25.6. The summed E-state index contributed by atoms with van der Waals surface area (Å²) in [5.41, 5.74) is 1.54. The van der Waals surface area contributed by atoms with E-state index in [1.165, 1.54) is 4.31 Å². The first-order valence-electron chi connectivity index (χ1n) is 11.0. The molecule has 186 valence electrons. The lowest BCUT2D eigenvalue weighted by Gasteiger charge is -2.38. The van der Waals surface area contributed by atoms with E-state index >= 15 is 0 Å². The highest BCUT2D eigenvalue weighted by Gasteiger charge is 2.30. The minimum absolute atomic E-state index is 0.222. The second-order valence-electron chi connectivity index (χ2n) is 7.96. The smallest absolute Gasteiger partial charge is 0.404 e. The van der Waals surface area contributed by atoms with Crippen molar-refractivity contribution in [3.05, 3.63) is 59.7 Å². The predicted octanol–water partition coefficient (Wildman–Crippen LogP) is 2.93. The van der Waals surface area contributed by atoms with Crippen LogP contribution in [0.2, 0.25) is 0 Å². The minimum Gasteiger partial charge on any atom is -0.494 e. The summed E-state index contributed by atoms with van der Waals surface area (Å²) in [6.45, 7) is 2.34. The maximum absolute atomic E-state index is 13.2. The molecule has 1 saturated heterocycles. The molecule has 0 saturated carbocycles. The molecular weight excluding hydrogens is 462 g/mol. The minimum atomic E-state index is -2.96. The molecular formula is C23H31N3O7S. The lowest BCUT2D eigenvalue weighted by atomic mass is 10.0. The molecule has 10 nitrogen and oxygen atoms in total. The fraction of sp³-hybridized carbons (Fsp3) is 0.391. The molecule has 0 radical (unpaired) electrons. The number of carbonyl (C=O) groups is 2. The predicted molar refractivity (Wildman–Crippen MR) is 131 cm³/mol. The highest BCUT2D eigenvalue weighted by atomic mass is 32.3. The van der Waals surface area contributed by atoms with Crippen LogP contribution in [0, 0.1) is 0 Å². The Kier molecular flexibility index (Phi) is 8.61. The Morgan fingerprint density at radius 1 is 1.18 bits per heavy atom. The summed E-state index contributed by atoms with van der Waals surface area (Å²) in [5, 5.41) is 24.4. The molecule has 3 rings (SSSR count). The molecule has 34 heavy (non-hydrogen) atoms.